The molecule has 0 amide bonds. The first kappa shape index (κ1) is 13.9. The fourth-order valence-corrected chi connectivity index (χ4v) is 2.68. The van der Waals surface area contributed by atoms with E-state index in [0.717, 1.165) is 34.3 Å². The van der Waals surface area contributed by atoms with Crippen LogP contribution in [0.3, 0.4) is 0 Å². The summed E-state index contributed by atoms with van der Waals surface area (Å²) in [6.45, 7) is 3.56. The molecule has 0 aliphatic heterocycles. The van der Waals surface area contributed by atoms with Gasteiger partial charge in [-0.15, -0.1) is 0 Å². The Labute approximate surface area is 121 Å². The summed E-state index contributed by atoms with van der Waals surface area (Å²) in [5.41, 5.74) is 9.41. The van der Waals surface area contributed by atoms with E-state index in [1.54, 1.807) is 0 Å². The third-order valence-corrected chi connectivity index (χ3v) is 3.67. The van der Waals surface area contributed by atoms with Crippen molar-refractivity contribution in [3.63, 3.8) is 0 Å². The van der Waals surface area contributed by atoms with Gasteiger partial charge in [0.1, 0.15) is 6.07 Å². The van der Waals surface area contributed by atoms with Gasteiger partial charge in [0.2, 0.25) is 0 Å². The first-order valence-corrected chi connectivity index (χ1v) is 7.08. The van der Waals surface area contributed by atoms with Gasteiger partial charge < -0.3 is 10.3 Å². The Morgan fingerprint density at radius 2 is 2.00 bits per heavy atom. The quantitative estimate of drug-likeness (QED) is 0.935. The van der Waals surface area contributed by atoms with Crippen LogP contribution in [0.4, 0.5) is 0 Å². The van der Waals surface area contributed by atoms with Gasteiger partial charge in [0, 0.05) is 19.3 Å². The van der Waals surface area contributed by atoms with Gasteiger partial charge in [-0.2, -0.15) is 5.26 Å². The van der Waals surface area contributed by atoms with Crippen LogP contribution in [0.25, 0.3) is 11.3 Å². The molecule has 0 fully saturated rings. The topological polar surface area (TPSA) is 54.7 Å². The molecule has 0 atom stereocenters. The molecule has 0 radical (unpaired) electrons. The van der Waals surface area contributed by atoms with E-state index in [0.29, 0.717) is 12.1 Å². The minimum absolute atomic E-state index is 0.533. The standard InChI is InChI=1S/C15H16BrN3/c1-2-7-19-10-14(16)13(9-18)15(19)12-5-3-11(8-17)4-6-12/h3-6,10H,2,7-8,17H2,1H3. The predicted octanol–water partition coefficient (Wildman–Crippen LogP) is 3.66. The second-order valence-corrected chi connectivity index (χ2v) is 5.26. The molecule has 2 aromatic rings. The summed E-state index contributed by atoms with van der Waals surface area (Å²) in [6, 6.07) is 10.3. The summed E-state index contributed by atoms with van der Waals surface area (Å²) in [6.07, 6.45) is 3.01. The van der Waals surface area contributed by atoms with Crippen LogP contribution in [0.15, 0.2) is 34.9 Å². The van der Waals surface area contributed by atoms with Crippen molar-refractivity contribution in [2.45, 2.75) is 26.4 Å². The minimum Gasteiger partial charge on any atom is -0.345 e. The minimum atomic E-state index is 0.533. The van der Waals surface area contributed by atoms with Gasteiger partial charge in [-0.1, -0.05) is 31.2 Å². The normalized spacial score (nSPS) is 10.4. The van der Waals surface area contributed by atoms with Crippen molar-refractivity contribution in [2.75, 3.05) is 0 Å². The molecule has 98 valence electrons. The van der Waals surface area contributed by atoms with Gasteiger partial charge in [0.05, 0.1) is 15.7 Å². The molecule has 2 N–H and O–H groups in total. The number of hydrogen-bond donors (Lipinski definition) is 1. The van der Waals surface area contributed by atoms with Crippen LogP contribution in [0.5, 0.6) is 0 Å². The molecule has 19 heavy (non-hydrogen) atoms. The molecule has 0 spiro atoms. The average molecular weight is 318 g/mol. The highest BCUT2D eigenvalue weighted by atomic mass is 79.9. The lowest BCUT2D eigenvalue weighted by atomic mass is 10.1. The predicted molar refractivity (Wildman–Crippen MR) is 80.5 cm³/mol. The van der Waals surface area contributed by atoms with Crippen LogP contribution in [-0.4, -0.2) is 4.57 Å². The number of aromatic nitrogens is 1. The van der Waals surface area contributed by atoms with E-state index in [-0.39, 0.29) is 0 Å². The molecule has 3 nitrogen and oxygen atoms in total. The number of aryl methyl sites for hydroxylation is 1. The van der Waals surface area contributed by atoms with Crippen molar-refractivity contribution in [1.29, 1.82) is 5.26 Å². The number of nitrogens with two attached hydrogens (primary N) is 1. The summed E-state index contributed by atoms with van der Waals surface area (Å²) in [5, 5.41) is 9.33. The Morgan fingerprint density at radius 1 is 1.32 bits per heavy atom. The first-order chi connectivity index (χ1) is 9.21. The molecule has 2 rings (SSSR count). The average Bonchev–Trinajstić information content (AvgIpc) is 2.75. The highest BCUT2D eigenvalue weighted by molar-refractivity contribution is 9.10. The third-order valence-electron chi connectivity index (χ3n) is 3.07. The molecular formula is C15H16BrN3. The smallest absolute Gasteiger partial charge is 0.103 e. The van der Waals surface area contributed by atoms with E-state index in [2.05, 4.69) is 33.5 Å². The SMILES string of the molecule is CCCn1cc(Br)c(C#N)c1-c1ccc(CN)cc1. The zero-order valence-electron chi connectivity index (χ0n) is 10.9. The maximum atomic E-state index is 9.33. The summed E-state index contributed by atoms with van der Waals surface area (Å²) >= 11 is 3.46. The van der Waals surface area contributed by atoms with Gasteiger partial charge in [-0.3, -0.25) is 0 Å². The van der Waals surface area contributed by atoms with Gasteiger partial charge >= 0.3 is 0 Å². The van der Waals surface area contributed by atoms with E-state index in [9.17, 15) is 5.26 Å². The number of benzene rings is 1. The summed E-state index contributed by atoms with van der Waals surface area (Å²) < 4.78 is 2.97. The number of hydrogen-bond acceptors (Lipinski definition) is 2. The van der Waals surface area contributed by atoms with E-state index in [1.165, 1.54) is 0 Å². The number of nitriles is 1. The zero-order chi connectivity index (χ0) is 13.8. The summed E-state index contributed by atoms with van der Waals surface area (Å²) in [7, 11) is 0. The van der Waals surface area contributed by atoms with Gasteiger partial charge in [-0.05, 0) is 33.5 Å². The molecule has 1 heterocycles. The summed E-state index contributed by atoms with van der Waals surface area (Å²) in [4.78, 5) is 0. The second-order valence-electron chi connectivity index (χ2n) is 4.41. The lowest BCUT2D eigenvalue weighted by Gasteiger charge is -2.09. The maximum Gasteiger partial charge on any atom is 0.103 e. The number of nitrogens with zero attached hydrogens (tertiary/aromatic N) is 2. The Balaban J connectivity index is 2.55. The first-order valence-electron chi connectivity index (χ1n) is 6.29. The Hall–Kier alpha value is -1.57. The Morgan fingerprint density at radius 3 is 2.53 bits per heavy atom. The van der Waals surface area contributed by atoms with Gasteiger partial charge in [-0.25, -0.2) is 0 Å². The van der Waals surface area contributed by atoms with E-state index < -0.39 is 0 Å². The van der Waals surface area contributed by atoms with Gasteiger partial charge in [0.15, 0.2) is 0 Å². The van der Waals surface area contributed by atoms with Crippen molar-refractivity contribution in [3.05, 3.63) is 46.1 Å². The van der Waals surface area contributed by atoms with Crippen LogP contribution in [0.2, 0.25) is 0 Å². The maximum absolute atomic E-state index is 9.33. The fraction of sp³-hybridized carbons (Fsp3) is 0.267. The van der Waals surface area contributed by atoms with Crippen molar-refractivity contribution < 1.29 is 0 Å². The van der Waals surface area contributed by atoms with Crippen molar-refractivity contribution in [1.82, 2.24) is 4.57 Å². The van der Waals surface area contributed by atoms with Crippen LogP contribution in [0.1, 0.15) is 24.5 Å². The van der Waals surface area contributed by atoms with Crippen LogP contribution in [-0.2, 0) is 13.1 Å². The fourth-order valence-electron chi connectivity index (χ4n) is 2.16. The zero-order valence-corrected chi connectivity index (χ0v) is 12.4. The molecule has 4 heteroatoms. The third kappa shape index (κ3) is 2.73. The van der Waals surface area contributed by atoms with Crippen molar-refractivity contribution >= 4 is 15.9 Å². The lowest BCUT2D eigenvalue weighted by Crippen LogP contribution is -1.99. The Bertz CT molecular complexity index is 606. The molecule has 0 aliphatic rings. The second kappa shape index (κ2) is 6.05. The van der Waals surface area contributed by atoms with E-state index in [4.69, 9.17) is 5.73 Å². The largest absolute Gasteiger partial charge is 0.345 e. The van der Waals surface area contributed by atoms with Crippen LogP contribution >= 0.6 is 15.9 Å². The molecule has 0 saturated carbocycles. The molecule has 1 aromatic carbocycles. The summed E-state index contributed by atoms with van der Waals surface area (Å²) in [5.74, 6) is 0. The highest BCUT2D eigenvalue weighted by Gasteiger charge is 2.15. The molecule has 0 bridgehead atoms. The van der Waals surface area contributed by atoms with Gasteiger partial charge in [0.25, 0.3) is 0 Å². The molecule has 0 aliphatic carbocycles. The van der Waals surface area contributed by atoms with E-state index in [1.807, 2.05) is 30.5 Å². The van der Waals surface area contributed by atoms with Crippen molar-refractivity contribution in [3.8, 4) is 17.3 Å². The molecule has 0 saturated heterocycles. The molecular weight excluding hydrogens is 302 g/mol. The van der Waals surface area contributed by atoms with E-state index >= 15 is 0 Å². The Kier molecular flexibility index (Phi) is 4.41. The molecule has 1 aromatic heterocycles. The molecule has 0 unspecified atom stereocenters. The van der Waals surface area contributed by atoms with Crippen LogP contribution < -0.4 is 5.73 Å². The number of rotatable bonds is 4. The van der Waals surface area contributed by atoms with Crippen molar-refractivity contribution in [2.24, 2.45) is 5.73 Å². The monoisotopic (exact) mass is 317 g/mol. The lowest BCUT2D eigenvalue weighted by molar-refractivity contribution is 0.688. The van der Waals surface area contributed by atoms with Crippen LogP contribution in [0, 0.1) is 11.3 Å². The number of halogens is 1. The highest BCUT2D eigenvalue weighted by Crippen LogP contribution is 2.31.